The Morgan fingerprint density at radius 2 is 1.85 bits per heavy atom. The van der Waals surface area contributed by atoms with Gasteiger partial charge >= 0.3 is 0 Å². The Morgan fingerprint density at radius 3 is 2.65 bits per heavy atom. The molecule has 0 radical (unpaired) electrons. The van der Waals surface area contributed by atoms with Crippen molar-refractivity contribution in [2.24, 2.45) is 0 Å². The van der Waals surface area contributed by atoms with Crippen molar-refractivity contribution in [2.45, 2.75) is 18.9 Å². The van der Waals surface area contributed by atoms with Crippen LogP contribution in [0.1, 0.15) is 24.7 Å². The van der Waals surface area contributed by atoms with Gasteiger partial charge in [0.1, 0.15) is 5.82 Å². The number of H-pyrrole nitrogens is 1. The van der Waals surface area contributed by atoms with Crippen LogP contribution in [0.3, 0.4) is 0 Å². The van der Waals surface area contributed by atoms with Gasteiger partial charge in [-0.3, -0.25) is 0 Å². The van der Waals surface area contributed by atoms with Crippen LogP contribution < -0.4 is 11.1 Å². The van der Waals surface area contributed by atoms with Gasteiger partial charge in [0.15, 0.2) is 11.4 Å². The van der Waals surface area contributed by atoms with Crippen molar-refractivity contribution in [1.82, 2.24) is 20.4 Å². The van der Waals surface area contributed by atoms with E-state index in [0.29, 0.717) is 17.4 Å². The van der Waals surface area contributed by atoms with E-state index in [4.69, 9.17) is 10.3 Å². The highest BCUT2D eigenvalue weighted by molar-refractivity contribution is 5.90. The zero-order valence-corrected chi connectivity index (χ0v) is 14.2. The number of anilines is 1. The lowest BCUT2D eigenvalue weighted by atomic mass is 10.0. The lowest BCUT2D eigenvalue weighted by Crippen LogP contribution is -2.14. The molecule has 0 spiro atoms. The van der Waals surface area contributed by atoms with Crippen LogP contribution in [-0.2, 0) is 0 Å². The van der Waals surface area contributed by atoms with Crippen molar-refractivity contribution in [1.29, 1.82) is 0 Å². The number of nitrogens with two attached hydrogens (primary N) is 1. The van der Waals surface area contributed by atoms with Crippen LogP contribution in [-0.4, -0.2) is 21.7 Å². The summed E-state index contributed by atoms with van der Waals surface area (Å²) in [5, 5.41) is 8.12. The van der Waals surface area contributed by atoms with Crippen molar-refractivity contribution in [3.8, 4) is 22.4 Å². The average molecular weight is 345 g/mol. The van der Waals surface area contributed by atoms with E-state index < -0.39 is 0 Å². The van der Waals surface area contributed by atoms with Crippen molar-refractivity contribution < 1.29 is 4.52 Å². The number of benzene rings is 2. The predicted octanol–water partition coefficient (Wildman–Crippen LogP) is 3.89. The van der Waals surface area contributed by atoms with Gasteiger partial charge in [-0.25, -0.2) is 4.98 Å². The number of fused-ring (bicyclic) bond motifs is 1. The molecule has 0 saturated carbocycles. The van der Waals surface area contributed by atoms with E-state index in [1.165, 1.54) is 6.42 Å². The molecule has 6 heteroatoms. The normalized spacial score (nSPS) is 17.2. The molecule has 3 heterocycles. The summed E-state index contributed by atoms with van der Waals surface area (Å²) in [4.78, 5) is 7.99. The molecule has 1 saturated heterocycles. The molecule has 1 atom stereocenters. The molecule has 0 amide bonds. The van der Waals surface area contributed by atoms with Crippen LogP contribution in [0.15, 0.2) is 53.2 Å². The van der Waals surface area contributed by atoms with E-state index in [0.717, 1.165) is 46.6 Å². The Morgan fingerprint density at radius 1 is 1.04 bits per heavy atom. The third kappa shape index (κ3) is 2.55. The van der Waals surface area contributed by atoms with Crippen LogP contribution in [0, 0.1) is 0 Å². The molecule has 0 bridgehead atoms. The summed E-state index contributed by atoms with van der Waals surface area (Å²) >= 11 is 0. The first kappa shape index (κ1) is 15.2. The molecular formula is C20H19N5O. The lowest BCUT2D eigenvalue weighted by Gasteiger charge is -2.06. The standard InChI is InChI=1S/C20H19N5O/c21-19-15-8-7-14(10-18(15)26-25-19)12-3-5-13(6-4-12)17-11-23-20(24-17)16-2-1-9-22-16/h3-8,10-11,16,22H,1-2,9H2,(H2,21,25)(H,23,24)/t16-/m0/s1. The van der Waals surface area contributed by atoms with Crippen molar-refractivity contribution in [2.75, 3.05) is 12.3 Å². The first-order valence-corrected chi connectivity index (χ1v) is 8.82. The molecule has 4 N–H and O–H groups in total. The van der Waals surface area contributed by atoms with E-state index >= 15 is 0 Å². The molecule has 1 aliphatic rings. The molecule has 4 aromatic rings. The average Bonchev–Trinajstić information content (AvgIpc) is 3.43. The second-order valence-electron chi connectivity index (χ2n) is 6.69. The van der Waals surface area contributed by atoms with Crippen molar-refractivity contribution in [3.05, 3.63) is 54.5 Å². The van der Waals surface area contributed by atoms with Crippen LogP contribution in [0.4, 0.5) is 5.82 Å². The van der Waals surface area contributed by atoms with E-state index in [2.05, 4.69) is 44.7 Å². The summed E-state index contributed by atoms with van der Waals surface area (Å²) in [6, 6.07) is 14.7. The fourth-order valence-electron chi connectivity index (χ4n) is 3.56. The Bertz CT molecular complexity index is 1060. The van der Waals surface area contributed by atoms with Crippen molar-refractivity contribution in [3.63, 3.8) is 0 Å². The van der Waals surface area contributed by atoms with Crippen LogP contribution >= 0.6 is 0 Å². The highest BCUT2D eigenvalue weighted by Crippen LogP contribution is 2.29. The Balaban J connectivity index is 1.42. The third-order valence-corrected chi connectivity index (χ3v) is 5.01. The smallest absolute Gasteiger partial charge is 0.174 e. The summed E-state index contributed by atoms with van der Waals surface area (Å²) in [7, 11) is 0. The maximum Gasteiger partial charge on any atom is 0.174 e. The number of rotatable bonds is 3. The van der Waals surface area contributed by atoms with Crippen LogP contribution in [0.2, 0.25) is 0 Å². The second-order valence-corrected chi connectivity index (χ2v) is 6.69. The fraction of sp³-hybridized carbons (Fsp3) is 0.200. The number of aromatic amines is 1. The van der Waals surface area contributed by atoms with Crippen LogP contribution in [0.25, 0.3) is 33.4 Å². The topological polar surface area (TPSA) is 92.8 Å². The minimum Gasteiger partial charge on any atom is -0.380 e. The summed E-state index contributed by atoms with van der Waals surface area (Å²) in [5.41, 5.74) is 10.8. The third-order valence-electron chi connectivity index (χ3n) is 5.01. The Labute approximate surface area is 150 Å². The number of nitrogens with one attached hydrogen (secondary N) is 2. The highest BCUT2D eigenvalue weighted by Gasteiger charge is 2.19. The summed E-state index contributed by atoms with van der Waals surface area (Å²) in [5.74, 6) is 1.45. The van der Waals surface area contributed by atoms with Gasteiger partial charge in [-0.15, -0.1) is 0 Å². The minimum atomic E-state index is 0.351. The first-order chi connectivity index (χ1) is 12.8. The molecule has 5 rings (SSSR count). The zero-order valence-electron chi connectivity index (χ0n) is 14.2. The molecule has 2 aromatic carbocycles. The quantitative estimate of drug-likeness (QED) is 0.524. The number of hydrogen-bond donors (Lipinski definition) is 3. The SMILES string of the molecule is Nc1noc2cc(-c3ccc(-c4cnc([C@@H]5CCCN5)[nH]4)cc3)ccc12. The first-order valence-electron chi connectivity index (χ1n) is 8.82. The molecule has 2 aromatic heterocycles. The Hall–Kier alpha value is -3.12. The largest absolute Gasteiger partial charge is 0.380 e. The van der Waals surface area contributed by atoms with E-state index in [-0.39, 0.29) is 0 Å². The Kier molecular flexibility index (Phi) is 3.50. The lowest BCUT2D eigenvalue weighted by molar-refractivity contribution is 0.460. The van der Waals surface area contributed by atoms with E-state index in [9.17, 15) is 0 Å². The number of hydrogen-bond acceptors (Lipinski definition) is 5. The summed E-state index contributed by atoms with van der Waals surface area (Å²) < 4.78 is 5.26. The van der Waals surface area contributed by atoms with Gasteiger partial charge in [0.25, 0.3) is 0 Å². The van der Waals surface area contributed by atoms with Gasteiger partial charge < -0.3 is 20.6 Å². The molecule has 0 aliphatic carbocycles. The second kappa shape index (κ2) is 6.00. The monoisotopic (exact) mass is 345 g/mol. The number of nitrogens with zero attached hydrogens (tertiary/aromatic N) is 2. The molecule has 26 heavy (non-hydrogen) atoms. The zero-order chi connectivity index (χ0) is 17.5. The summed E-state index contributed by atoms with van der Waals surface area (Å²) in [6.07, 6.45) is 4.25. The highest BCUT2D eigenvalue weighted by atomic mass is 16.5. The van der Waals surface area contributed by atoms with Gasteiger partial charge in [-0.1, -0.05) is 35.5 Å². The summed E-state index contributed by atoms with van der Waals surface area (Å²) in [6.45, 7) is 1.07. The number of imidazole rings is 1. The molecule has 130 valence electrons. The maximum atomic E-state index is 5.78. The molecular weight excluding hydrogens is 326 g/mol. The van der Waals surface area contributed by atoms with Gasteiger partial charge in [-0.05, 0) is 48.2 Å². The van der Waals surface area contributed by atoms with Gasteiger partial charge in [-0.2, -0.15) is 0 Å². The molecule has 1 fully saturated rings. The predicted molar refractivity (Wildman–Crippen MR) is 101 cm³/mol. The molecule has 1 aliphatic heterocycles. The van der Waals surface area contributed by atoms with E-state index in [1.54, 1.807) is 0 Å². The number of nitrogen functional groups attached to an aromatic ring is 1. The van der Waals surface area contributed by atoms with E-state index in [1.807, 2.05) is 24.4 Å². The molecule has 6 nitrogen and oxygen atoms in total. The van der Waals surface area contributed by atoms with Crippen LogP contribution in [0.5, 0.6) is 0 Å². The maximum absolute atomic E-state index is 5.78. The fourth-order valence-corrected chi connectivity index (χ4v) is 3.56. The van der Waals surface area contributed by atoms with Gasteiger partial charge in [0, 0.05) is 0 Å². The number of aromatic nitrogens is 3. The van der Waals surface area contributed by atoms with Gasteiger partial charge in [0.05, 0.1) is 23.3 Å². The minimum absolute atomic E-state index is 0.351. The van der Waals surface area contributed by atoms with Crippen molar-refractivity contribution >= 4 is 16.8 Å². The molecule has 0 unspecified atom stereocenters. The van der Waals surface area contributed by atoms with Gasteiger partial charge in [0.2, 0.25) is 0 Å².